The van der Waals surface area contributed by atoms with Gasteiger partial charge in [0.25, 0.3) is 0 Å². The summed E-state index contributed by atoms with van der Waals surface area (Å²) in [7, 11) is 0. The first-order valence-electron chi connectivity index (χ1n) is 4.20. The minimum absolute atomic E-state index is 0.0363. The van der Waals surface area contributed by atoms with E-state index in [0.29, 0.717) is 0 Å². The van der Waals surface area contributed by atoms with Crippen LogP contribution in [0.2, 0.25) is 0 Å². The summed E-state index contributed by atoms with van der Waals surface area (Å²) in [5.41, 5.74) is 4.17. The molecule has 0 aromatic heterocycles. The second-order valence-electron chi connectivity index (χ2n) is 3.60. The number of nitrogens with one attached hydrogen (secondary N) is 1. The Kier molecular flexibility index (Phi) is 4.76. The molecule has 0 aromatic rings. The number of primary amides is 1. The van der Waals surface area contributed by atoms with Crippen LogP contribution in [-0.2, 0) is 9.47 Å². The van der Waals surface area contributed by atoms with E-state index in [1.165, 1.54) is 0 Å². The standard InChI is InChI=1S/C8H16N2O4/c1-8(2,3)14-7(12)10-4-5-13-6(9)11/h4-5H2,1-3H3,(H2,9,11)(H,10,12). The highest BCUT2D eigenvalue weighted by atomic mass is 16.6. The van der Waals surface area contributed by atoms with Gasteiger partial charge in [0.2, 0.25) is 0 Å². The molecule has 0 aromatic carbocycles. The summed E-state index contributed by atoms with van der Waals surface area (Å²) in [5.74, 6) is 0. The quantitative estimate of drug-likeness (QED) is 0.659. The minimum Gasteiger partial charge on any atom is -0.448 e. The summed E-state index contributed by atoms with van der Waals surface area (Å²) >= 11 is 0. The largest absolute Gasteiger partial charge is 0.448 e. The van der Waals surface area contributed by atoms with Crippen LogP contribution in [0.3, 0.4) is 0 Å². The molecule has 0 saturated carbocycles. The van der Waals surface area contributed by atoms with E-state index in [4.69, 9.17) is 10.5 Å². The van der Waals surface area contributed by atoms with Gasteiger partial charge in [0.05, 0.1) is 6.54 Å². The van der Waals surface area contributed by atoms with Crippen molar-refractivity contribution in [2.24, 2.45) is 5.73 Å². The first-order chi connectivity index (χ1) is 6.31. The van der Waals surface area contributed by atoms with Crippen molar-refractivity contribution in [3.05, 3.63) is 0 Å². The average molecular weight is 204 g/mol. The van der Waals surface area contributed by atoms with E-state index in [0.717, 1.165) is 0 Å². The summed E-state index contributed by atoms with van der Waals surface area (Å²) in [5, 5.41) is 2.40. The number of hydrogen-bond acceptors (Lipinski definition) is 4. The molecule has 0 saturated heterocycles. The van der Waals surface area contributed by atoms with Crippen molar-refractivity contribution >= 4 is 12.2 Å². The maximum atomic E-state index is 11.0. The predicted octanol–water partition coefficient (Wildman–Crippen LogP) is 0.606. The van der Waals surface area contributed by atoms with Crippen LogP contribution < -0.4 is 11.1 Å². The lowest BCUT2D eigenvalue weighted by Crippen LogP contribution is -2.34. The van der Waals surface area contributed by atoms with Crippen LogP contribution in [0.15, 0.2) is 0 Å². The number of carbonyl (C=O) groups is 2. The fourth-order valence-electron chi connectivity index (χ4n) is 0.619. The fourth-order valence-corrected chi connectivity index (χ4v) is 0.619. The Labute approximate surface area is 82.7 Å². The molecule has 0 unspecified atom stereocenters. The molecule has 6 heteroatoms. The zero-order valence-corrected chi connectivity index (χ0v) is 8.62. The van der Waals surface area contributed by atoms with Gasteiger partial charge in [-0.1, -0.05) is 0 Å². The molecule has 0 fully saturated rings. The molecule has 0 radical (unpaired) electrons. The van der Waals surface area contributed by atoms with Crippen LogP contribution in [0.25, 0.3) is 0 Å². The molecule has 6 nitrogen and oxygen atoms in total. The van der Waals surface area contributed by atoms with Crippen LogP contribution in [-0.4, -0.2) is 30.9 Å². The number of rotatable bonds is 3. The summed E-state index contributed by atoms with van der Waals surface area (Å²) in [6.45, 7) is 5.48. The average Bonchev–Trinajstić information content (AvgIpc) is 1.94. The molecular formula is C8H16N2O4. The number of carbonyl (C=O) groups excluding carboxylic acids is 2. The third-order valence-electron chi connectivity index (χ3n) is 1.01. The lowest BCUT2D eigenvalue weighted by Gasteiger charge is -2.19. The molecule has 82 valence electrons. The number of nitrogens with two attached hydrogens (primary N) is 1. The highest BCUT2D eigenvalue weighted by Crippen LogP contribution is 2.05. The lowest BCUT2D eigenvalue weighted by molar-refractivity contribution is 0.0513. The highest BCUT2D eigenvalue weighted by Gasteiger charge is 2.15. The van der Waals surface area contributed by atoms with E-state index in [1.807, 2.05) is 0 Å². The molecule has 2 amide bonds. The van der Waals surface area contributed by atoms with Crippen LogP contribution in [0.1, 0.15) is 20.8 Å². The normalized spacial score (nSPS) is 10.5. The molecule has 0 aliphatic carbocycles. The lowest BCUT2D eigenvalue weighted by atomic mass is 10.2. The van der Waals surface area contributed by atoms with E-state index in [1.54, 1.807) is 20.8 Å². The predicted molar refractivity (Wildman–Crippen MR) is 49.8 cm³/mol. The summed E-state index contributed by atoms with van der Waals surface area (Å²) in [4.78, 5) is 21.1. The molecule has 0 rings (SSSR count). The zero-order valence-electron chi connectivity index (χ0n) is 8.62. The van der Waals surface area contributed by atoms with Gasteiger partial charge in [-0.2, -0.15) is 0 Å². The second kappa shape index (κ2) is 5.31. The number of alkyl carbamates (subject to hydrolysis) is 1. The number of amides is 2. The summed E-state index contributed by atoms with van der Waals surface area (Å²) in [6, 6.07) is 0. The topological polar surface area (TPSA) is 90.7 Å². The van der Waals surface area contributed by atoms with Crippen molar-refractivity contribution in [2.75, 3.05) is 13.2 Å². The molecule has 3 N–H and O–H groups in total. The Morgan fingerprint density at radius 1 is 1.36 bits per heavy atom. The zero-order chi connectivity index (χ0) is 11.2. The van der Waals surface area contributed by atoms with E-state index in [9.17, 15) is 9.59 Å². The maximum Gasteiger partial charge on any atom is 0.407 e. The molecule has 0 heterocycles. The van der Waals surface area contributed by atoms with Crippen LogP contribution in [0.4, 0.5) is 9.59 Å². The number of ether oxygens (including phenoxy) is 2. The Morgan fingerprint density at radius 3 is 2.36 bits per heavy atom. The van der Waals surface area contributed by atoms with Crippen molar-refractivity contribution in [3.8, 4) is 0 Å². The SMILES string of the molecule is CC(C)(C)OC(=O)NCCOC(N)=O. The fraction of sp³-hybridized carbons (Fsp3) is 0.750. The van der Waals surface area contributed by atoms with Crippen LogP contribution in [0.5, 0.6) is 0 Å². The molecule has 0 aliphatic rings. The Hall–Kier alpha value is -1.46. The van der Waals surface area contributed by atoms with Gasteiger partial charge < -0.3 is 20.5 Å². The highest BCUT2D eigenvalue weighted by molar-refractivity contribution is 5.67. The van der Waals surface area contributed by atoms with E-state index < -0.39 is 17.8 Å². The maximum absolute atomic E-state index is 11.0. The van der Waals surface area contributed by atoms with Crippen LogP contribution in [0, 0.1) is 0 Å². The van der Waals surface area contributed by atoms with Gasteiger partial charge in [-0.3, -0.25) is 0 Å². The van der Waals surface area contributed by atoms with Gasteiger partial charge in [-0.25, -0.2) is 9.59 Å². The summed E-state index contributed by atoms with van der Waals surface area (Å²) < 4.78 is 9.31. The van der Waals surface area contributed by atoms with Crippen molar-refractivity contribution < 1.29 is 19.1 Å². The van der Waals surface area contributed by atoms with Gasteiger partial charge in [-0.15, -0.1) is 0 Å². The first kappa shape index (κ1) is 12.5. The van der Waals surface area contributed by atoms with E-state index in [2.05, 4.69) is 10.1 Å². The van der Waals surface area contributed by atoms with Gasteiger partial charge in [0.15, 0.2) is 0 Å². The van der Waals surface area contributed by atoms with Gasteiger partial charge >= 0.3 is 12.2 Å². The third kappa shape index (κ3) is 8.63. The number of hydrogen-bond donors (Lipinski definition) is 2. The van der Waals surface area contributed by atoms with Crippen LogP contribution >= 0.6 is 0 Å². The Bertz CT molecular complexity index is 210. The Morgan fingerprint density at radius 2 is 1.93 bits per heavy atom. The van der Waals surface area contributed by atoms with Gasteiger partial charge in [-0.05, 0) is 20.8 Å². The first-order valence-corrected chi connectivity index (χ1v) is 4.20. The Balaban J connectivity index is 3.50. The molecule has 0 bridgehead atoms. The second-order valence-corrected chi connectivity index (χ2v) is 3.60. The monoisotopic (exact) mass is 204 g/mol. The van der Waals surface area contributed by atoms with Gasteiger partial charge in [0.1, 0.15) is 12.2 Å². The van der Waals surface area contributed by atoms with Crippen molar-refractivity contribution in [2.45, 2.75) is 26.4 Å². The minimum atomic E-state index is -0.865. The van der Waals surface area contributed by atoms with E-state index >= 15 is 0 Å². The third-order valence-corrected chi connectivity index (χ3v) is 1.01. The van der Waals surface area contributed by atoms with E-state index in [-0.39, 0.29) is 13.2 Å². The van der Waals surface area contributed by atoms with Crippen molar-refractivity contribution in [3.63, 3.8) is 0 Å². The smallest absolute Gasteiger partial charge is 0.407 e. The molecule has 0 aliphatic heterocycles. The molecule has 0 spiro atoms. The summed E-state index contributed by atoms with van der Waals surface area (Å²) in [6.07, 6.45) is -1.42. The molecular weight excluding hydrogens is 188 g/mol. The van der Waals surface area contributed by atoms with Gasteiger partial charge in [0, 0.05) is 0 Å². The van der Waals surface area contributed by atoms with Crippen molar-refractivity contribution in [1.29, 1.82) is 0 Å². The molecule has 14 heavy (non-hydrogen) atoms. The molecule has 0 atom stereocenters. The van der Waals surface area contributed by atoms with Crippen molar-refractivity contribution in [1.82, 2.24) is 5.32 Å².